The molecule has 11 heteroatoms. The minimum absolute atomic E-state index is 0.0221. The van der Waals surface area contributed by atoms with Crippen LogP contribution in [0.1, 0.15) is 56.1 Å². The molecule has 3 aliphatic rings. The molecular weight excluding hydrogens is 524 g/mol. The lowest BCUT2D eigenvalue weighted by atomic mass is 9.77. The van der Waals surface area contributed by atoms with Crippen LogP contribution in [0, 0.1) is 11.8 Å². The number of hydrogen-bond acceptors (Lipinski definition) is 7. The van der Waals surface area contributed by atoms with Crippen molar-refractivity contribution in [3.8, 4) is 11.5 Å². The summed E-state index contributed by atoms with van der Waals surface area (Å²) in [7, 11) is 3.26. The van der Waals surface area contributed by atoms with Crippen molar-refractivity contribution in [2.24, 2.45) is 11.8 Å². The summed E-state index contributed by atoms with van der Waals surface area (Å²) in [5, 5.41) is 10.7. The number of aromatic nitrogens is 3. The van der Waals surface area contributed by atoms with Crippen LogP contribution in [0.3, 0.4) is 0 Å². The molecule has 3 amide bonds. The van der Waals surface area contributed by atoms with E-state index in [1.54, 1.807) is 26.9 Å². The lowest BCUT2D eigenvalue weighted by molar-refractivity contribution is -0.145. The van der Waals surface area contributed by atoms with Crippen molar-refractivity contribution in [1.82, 2.24) is 29.9 Å². The van der Waals surface area contributed by atoms with Crippen LogP contribution in [0.2, 0.25) is 0 Å². The Balaban J connectivity index is 1.32. The van der Waals surface area contributed by atoms with Gasteiger partial charge in [-0.3, -0.25) is 14.4 Å². The Morgan fingerprint density at radius 2 is 1.83 bits per heavy atom. The van der Waals surface area contributed by atoms with Gasteiger partial charge in [-0.15, -0.1) is 10.2 Å². The van der Waals surface area contributed by atoms with E-state index < -0.39 is 0 Å². The summed E-state index contributed by atoms with van der Waals surface area (Å²) in [4.78, 5) is 43.6. The van der Waals surface area contributed by atoms with Gasteiger partial charge in [0.1, 0.15) is 12.7 Å². The van der Waals surface area contributed by atoms with Crippen molar-refractivity contribution < 1.29 is 23.9 Å². The van der Waals surface area contributed by atoms with E-state index in [4.69, 9.17) is 9.47 Å². The van der Waals surface area contributed by atoms with E-state index in [9.17, 15) is 14.4 Å². The predicted molar refractivity (Wildman–Crippen MR) is 151 cm³/mol. The van der Waals surface area contributed by atoms with Crippen LogP contribution in [-0.4, -0.2) is 88.7 Å². The number of ether oxygens (including phenoxy) is 2. The van der Waals surface area contributed by atoms with Gasteiger partial charge in [-0.2, -0.15) is 0 Å². The zero-order chi connectivity index (χ0) is 28.8. The van der Waals surface area contributed by atoms with Crippen LogP contribution >= 0.6 is 0 Å². The van der Waals surface area contributed by atoms with Gasteiger partial charge in [0.25, 0.3) is 0 Å². The number of likely N-dealkylation sites (tertiary alicyclic amines) is 1. The number of fused-ring (bicyclic) bond motifs is 6. The molecule has 1 N–H and O–H groups in total. The molecule has 0 spiro atoms. The molecule has 2 aromatic rings. The number of benzene rings is 1. The third kappa shape index (κ3) is 7.00. The fourth-order valence-corrected chi connectivity index (χ4v) is 6.83. The van der Waals surface area contributed by atoms with Gasteiger partial charge in [-0.05, 0) is 67.6 Å². The molecule has 2 fully saturated rings. The van der Waals surface area contributed by atoms with E-state index in [-0.39, 0.29) is 35.6 Å². The molecule has 3 aliphatic heterocycles. The Morgan fingerprint density at radius 3 is 2.61 bits per heavy atom. The molecule has 0 radical (unpaired) electrons. The number of piperidine rings is 2. The van der Waals surface area contributed by atoms with Crippen LogP contribution in [0.5, 0.6) is 11.5 Å². The average Bonchev–Trinajstić information content (AvgIpc) is 3.50. The standard InChI is InChI=1S/C30H42N6O5/c1-40-26-15-21-8-9-29(39)36-17-22-14-24(18-35(16-22)28(38)10-12-34-19-32-33-20-34)25(36)6-3-7-27(37)31-11-4-5-23(13-21)30(26)41-2/h13,15,19-20,22,24-25H,3-12,14,16-18H2,1-2H3,(H,31,37)/t22-,24-,25-/m0/s1. The number of nitrogens with one attached hydrogen (secondary N) is 1. The first-order valence-electron chi connectivity index (χ1n) is 14.8. The highest BCUT2D eigenvalue weighted by Crippen LogP contribution is 2.37. The third-order valence-corrected chi connectivity index (χ3v) is 8.78. The van der Waals surface area contributed by atoms with Gasteiger partial charge in [0.2, 0.25) is 17.7 Å². The summed E-state index contributed by atoms with van der Waals surface area (Å²) in [6.07, 6.45) is 9.13. The largest absolute Gasteiger partial charge is 0.493 e. The number of nitrogens with zero attached hydrogens (tertiary/aromatic N) is 5. The fraction of sp³-hybridized carbons (Fsp3) is 0.633. The van der Waals surface area contributed by atoms with Crippen LogP contribution in [0.4, 0.5) is 0 Å². The lowest BCUT2D eigenvalue weighted by Crippen LogP contribution is -2.60. The Labute approximate surface area is 241 Å². The summed E-state index contributed by atoms with van der Waals surface area (Å²) in [5.41, 5.74) is 2.07. The number of carbonyl (C=O) groups excluding carboxylic acids is 3. The van der Waals surface area contributed by atoms with Crippen LogP contribution in [0.15, 0.2) is 24.8 Å². The molecular formula is C30H42N6O5. The van der Waals surface area contributed by atoms with Gasteiger partial charge in [-0.1, -0.05) is 6.07 Å². The Bertz CT molecular complexity index is 1220. The monoisotopic (exact) mass is 566 g/mol. The molecule has 1 aromatic heterocycles. The second kappa shape index (κ2) is 13.4. The smallest absolute Gasteiger partial charge is 0.224 e. The van der Waals surface area contributed by atoms with Gasteiger partial charge in [0, 0.05) is 58.0 Å². The highest BCUT2D eigenvalue weighted by Gasteiger charge is 2.43. The SMILES string of the molecule is COc1cc2cc(c1OC)CCCNC(=O)CCC[C@H]1[C@H]3C[C@@H](CN(C(=O)CCn4cnnc4)C3)CN1C(=O)CC2. The van der Waals surface area contributed by atoms with Crippen molar-refractivity contribution in [2.75, 3.05) is 40.4 Å². The fourth-order valence-electron chi connectivity index (χ4n) is 6.83. The minimum Gasteiger partial charge on any atom is -0.493 e. The molecule has 3 atom stereocenters. The zero-order valence-electron chi connectivity index (χ0n) is 24.2. The minimum atomic E-state index is 0.0221. The van der Waals surface area contributed by atoms with E-state index in [1.807, 2.05) is 15.5 Å². The number of aryl methyl sites for hydroxylation is 3. The van der Waals surface area contributed by atoms with Crippen LogP contribution in [-0.2, 0) is 33.8 Å². The Morgan fingerprint density at radius 1 is 1.00 bits per heavy atom. The maximum Gasteiger partial charge on any atom is 0.224 e. The summed E-state index contributed by atoms with van der Waals surface area (Å²) >= 11 is 0. The number of carbonyl (C=O) groups is 3. The maximum atomic E-state index is 13.8. The van der Waals surface area contributed by atoms with E-state index in [0.29, 0.717) is 76.3 Å². The van der Waals surface area contributed by atoms with Gasteiger partial charge < -0.3 is 29.2 Å². The first kappa shape index (κ1) is 28.9. The highest BCUT2D eigenvalue weighted by molar-refractivity contribution is 5.78. The van der Waals surface area contributed by atoms with Gasteiger partial charge in [0.15, 0.2) is 11.5 Å². The first-order chi connectivity index (χ1) is 19.9. The summed E-state index contributed by atoms with van der Waals surface area (Å²) in [6.45, 7) is 3.13. The van der Waals surface area contributed by atoms with Gasteiger partial charge in [0.05, 0.1) is 14.2 Å². The van der Waals surface area contributed by atoms with Crippen molar-refractivity contribution in [2.45, 2.75) is 70.4 Å². The molecule has 4 bridgehead atoms. The maximum absolute atomic E-state index is 13.8. The number of hydrogen-bond donors (Lipinski definition) is 1. The van der Waals surface area contributed by atoms with Gasteiger partial charge in [-0.25, -0.2) is 0 Å². The second-order valence-corrected chi connectivity index (χ2v) is 11.6. The molecule has 0 unspecified atom stereocenters. The summed E-state index contributed by atoms with van der Waals surface area (Å²) in [6, 6.07) is 4.09. The van der Waals surface area contributed by atoms with Crippen molar-refractivity contribution in [1.29, 1.82) is 0 Å². The van der Waals surface area contributed by atoms with Gasteiger partial charge >= 0.3 is 0 Å². The Hall–Kier alpha value is -3.63. The van der Waals surface area contributed by atoms with Crippen molar-refractivity contribution in [3.05, 3.63) is 35.9 Å². The number of methoxy groups -OCH3 is 2. The normalized spacial score (nSPS) is 23.9. The molecule has 41 heavy (non-hydrogen) atoms. The molecule has 11 nitrogen and oxygen atoms in total. The summed E-state index contributed by atoms with van der Waals surface area (Å²) in [5.74, 6) is 2.15. The van der Waals surface area contributed by atoms with Crippen molar-refractivity contribution >= 4 is 17.7 Å². The molecule has 2 saturated heterocycles. The van der Waals surface area contributed by atoms with E-state index in [2.05, 4.69) is 26.5 Å². The van der Waals surface area contributed by atoms with E-state index in [1.165, 1.54) is 0 Å². The highest BCUT2D eigenvalue weighted by atomic mass is 16.5. The predicted octanol–water partition coefficient (Wildman–Crippen LogP) is 2.23. The van der Waals surface area contributed by atoms with Crippen LogP contribution < -0.4 is 14.8 Å². The first-order valence-corrected chi connectivity index (χ1v) is 14.8. The molecule has 1 aromatic carbocycles. The molecule has 222 valence electrons. The second-order valence-electron chi connectivity index (χ2n) is 11.6. The zero-order valence-corrected chi connectivity index (χ0v) is 24.2. The number of amides is 3. The Kier molecular flexibility index (Phi) is 9.41. The van der Waals surface area contributed by atoms with Crippen LogP contribution in [0.25, 0.3) is 0 Å². The third-order valence-electron chi connectivity index (χ3n) is 8.78. The molecule has 5 rings (SSSR count). The topological polar surface area (TPSA) is 119 Å². The molecule has 0 aliphatic carbocycles. The molecule has 4 heterocycles. The quantitative estimate of drug-likeness (QED) is 0.590. The van der Waals surface area contributed by atoms with E-state index in [0.717, 1.165) is 36.8 Å². The molecule has 0 saturated carbocycles. The lowest BCUT2D eigenvalue weighted by Gasteiger charge is -2.51. The number of rotatable bonds is 5. The average molecular weight is 567 g/mol. The van der Waals surface area contributed by atoms with E-state index >= 15 is 0 Å². The summed E-state index contributed by atoms with van der Waals surface area (Å²) < 4.78 is 13.1. The van der Waals surface area contributed by atoms with Crippen molar-refractivity contribution in [3.63, 3.8) is 0 Å².